The lowest BCUT2D eigenvalue weighted by Crippen LogP contribution is -2.18. The van der Waals surface area contributed by atoms with E-state index in [-0.39, 0.29) is 21.4 Å². The third-order valence-corrected chi connectivity index (χ3v) is 5.57. The number of nitrogens with zero attached hydrogens (tertiary/aromatic N) is 3. The third kappa shape index (κ3) is 3.48. The average molecular weight is 425 g/mol. The number of hydrogen-bond acceptors (Lipinski definition) is 6. The predicted octanol–water partition coefficient (Wildman–Crippen LogP) is 2.96. The second-order valence-corrected chi connectivity index (χ2v) is 7.88. The van der Waals surface area contributed by atoms with E-state index in [1.165, 1.54) is 35.4 Å². The van der Waals surface area contributed by atoms with Crippen LogP contribution in [-0.2, 0) is 16.7 Å². The van der Waals surface area contributed by atoms with Crippen molar-refractivity contribution in [3.05, 3.63) is 53.6 Å². The molecule has 0 radical (unpaired) electrons. The molecule has 1 aliphatic rings. The van der Waals surface area contributed by atoms with Crippen molar-refractivity contribution < 1.29 is 22.3 Å². The van der Waals surface area contributed by atoms with Crippen molar-refractivity contribution in [2.45, 2.75) is 11.7 Å². The monoisotopic (exact) mass is 424 g/mol. The first-order valence-electron chi connectivity index (χ1n) is 8.13. The molecule has 8 nitrogen and oxygen atoms in total. The topological polar surface area (TPSA) is 95.3 Å². The van der Waals surface area contributed by atoms with Gasteiger partial charge in [0.05, 0.1) is 16.9 Å². The van der Waals surface area contributed by atoms with Gasteiger partial charge in [0.2, 0.25) is 0 Å². The molecule has 0 amide bonds. The van der Waals surface area contributed by atoms with E-state index < -0.39 is 16.7 Å². The minimum atomic E-state index is -4.03. The maximum absolute atomic E-state index is 12.9. The Hall–Kier alpha value is -2.85. The summed E-state index contributed by atoms with van der Waals surface area (Å²) in [5.41, 5.74) is 0.580. The lowest BCUT2D eigenvalue weighted by Gasteiger charge is -2.19. The number of nitrogens with one attached hydrogen (secondary N) is 1. The minimum absolute atomic E-state index is 0.101. The molecule has 0 fully saturated rings. The normalized spacial score (nSPS) is 13.4. The van der Waals surface area contributed by atoms with Gasteiger partial charge in [0.25, 0.3) is 10.0 Å². The number of aromatic nitrogens is 3. The number of halogens is 2. The van der Waals surface area contributed by atoms with Crippen molar-refractivity contribution >= 4 is 27.3 Å². The molecule has 0 bridgehead atoms. The summed E-state index contributed by atoms with van der Waals surface area (Å²) in [6, 6.07) is 6.10. The third-order valence-electron chi connectivity index (χ3n) is 3.94. The number of benzene rings is 1. The molecule has 146 valence electrons. The zero-order valence-corrected chi connectivity index (χ0v) is 15.9. The molecule has 28 heavy (non-hydrogen) atoms. The van der Waals surface area contributed by atoms with Crippen LogP contribution in [0.5, 0.6) is 11.5 Å². The molecule has 0 unspecified atom stereocenters. The number of rotatable bonds is 5. The first kappa shape index (κ1) is 18.5. The molecule has 3 aromatic rings. The first-order valence-corrected chi connectivity index (χ1v) is 9.99. The van der Waals surface area contributed by atoms with Crippen LogP contribution in [0.4, 0.5) is 10.1 Å². The number of fused-ring (bicyclic) bond motifs is 1. The van der Waals surface area contributed by atoms with Crippen LogP contribution < -0.4 is 14.2 Å². The van der Waals surface area contributed by atoms with Crippen LogP contribution in [0.2, 0.25) is 5.02 Å². The first-order chi connectivity index (χ1) is 13.5. The van der Waals surface area contributed by atoms with Crippen molar-refractivity contribution in [3.8, 4) is 17.3 Å². The van der Waals surface area contributed by atoms with E-state index in [0.717, 1.165) is 0 Å². The molecule has 0 saturated carbocycles. The number of pyridine rings is 1. The zero-order chi connectivity index (χ0) is 19.7. The molecule has 3 heterocycles. The van der Waals surface area contributed by atoms with Gasteiger partial charge in [-0.3, -0.25) is 9.29 Å². The fraction of sp³-hybridized carbons (Fsp3) is 0.176. The van der Waals surface area contributed by atoms with E-state index in [0.29, 0.717) is 30.4 Å². The van der Waals surface area contributed by atoms with E-state index in [1.54, 1.807) is 12.1 Å². The smallest absolute Gasteiger partial charge is 0.279 e. The molecule has 2 aromatic heterocycles. The van der Waals surface area contributed by atoms with Crippen molar-refractivity contribution in [1.82, 2.24) is 14.5 Å². The van der Waals surface area contributed by atoms with Crippen LogP contribution in [0, 0.1) is 0 Å². The Kier molecular flexibility index (Phi) is 4.82. The predicted molar refractivity (Wildman–Crippen MR) is 99.4 cm³/mol. The fourth-order valence-electron chi connectivity index (χ4n) is 2.68. The highest BCUT2D eigenvalue weighted by molar-refractivity contribution is 7.92. The van der Waals surface area contributed by atoms with Crippen molar-refractivity contribution in [2.75, 3.05) is 17.9 Å². The molecule has 0 atom stereocenters. The minimum Gasteiger partial charge on any atom is -0.486 e. The van der Waals surface area contributed by atoms with Gasteiger partial charge in [-0.05, 0) is 18.2 Å². The van der Waals surface area contributed by atoms with Gasteiger partial charge in [0, 0.05) is 17.8 Å². The molecular weight excluding hydrogens is 411 g/mol. The Labute approximate surface area is 164 Å². The number of ether oxygens (including phenoxy) is 2. The summed E-state index contributed by atoms with van der Waals surface area (Å²) in [5.74, 6) is 1.12. The number of alkyl halides is 1. The summed E-state index contributed by atoms with van der Waals surface area (Å²) in [7, 11) is -4.03. The van der Waals surface area contributed by atoms with Gasteiger partial charge in [-0.15, -0.1) is 0 Å². The van der Waals surface area contributed by atoms with Crippen molar-refractivity contribution in [1.29, 1.82) is 0 Å². The summed E-state index contributed by atoms with van der Waals surface area (Å²) in [6.07, 6.45) is 3.72. The summed E-state index contributed by atoms with van der Waals surface area (Å²) in [6.45, 7) is 0.0922. The van der Waals surface area contributed by atoms with E-state index in [9.17, 15) is 12.8 Å². The molecule has 0 spiro atoms. The van der Waals surface area contributed by atoms with E-state index in [4.69, 9.17) is 21.1 Å². The highest BCUT2D eigenvalue weighted by atomic mass is 35.5. The molecule has 1 aliphatic heterocycles. The van der Waals surface area contributed by atoms with E-state index >= 15 is 0 Å². The Morgan fingerprint density at radius 1 is 1.18 bits per heavy atom. The Morgan fingerprint density at radius 3 is 2.71 bits per heavy atom. The maximum atomic E-state index is 12.9. The number of imidazole rings is 1. The zero-order valence-electron chi connectivity index (χ0n) is 14.3. The standard InChI is InChI=1S/C17H14ClFN4O4S/c18-13-5-11(7-19)8-21-17(13)23-10-20-9-16(23)28(24,25)22-12-1-2-14-15(6-12)27-4-3-26-14/h1-2,5-6,8-10,22H,3-4,7H2. The summed E-state index contributed by atoms with van der Waals surface area (Å²) >= 11 is 6.14. The van der Waals surface area contributed by atoms with Gasteiger partial charge in [0.15, 0.2) is 22.3 Å². The second-order valence-electron chi connectivity index (χ2n) is 5.85. The van der Waals surface area contributed by atoms with Crippen LogP contribution in [0.1, 0.15) is 5.56 Å². The average Bonchev–Trinajstić information content (AvgIpc) is 3.18. The Bertz CT molecular complexity index is 1140. The fourth-order valence-corrected chi connectivity index (χ4v) is 4.09. The van der Waals surface area contributed by atoms with Crippen molar-refractivity contribution in [3.63, 3.8) is 0 Å². The number of anilines is 1. The van der Waals surface area contributed by atoms with Gasteiger partial charge in [-0.1, -0.05) is 11.6 Å². The maximum Gasteiger partial charge on any atom is 0.279 e. The Balaban J connectivity index is 1.67. The summed E-state index contributed by atoms with van der Waals surface area (Å²) < 4.78 is 53.1. The quantitative estimate of drug-likeness (QED) is 0.676. The molecular formula is C17H14ClFN4O4S. The number of hydrogen-bond donors (Lipinski definition) is 1. The molecule has 1 N–H and O–H groups in total. The Morgan fingerprint density at radius 2 is 1.96 bits per heavy atom. The molecule has 4 rings (SSSR count). The van der Waals surface area contributed by atoms with Crippen LogP contribution in [0.25, 0.3) is 5.82 Å². The van der Waals surface area contributed by atoms with Crippen LogP contribution >= 0.6 is 11.6 Å². The second kappa shape index (κ2) is 7.28. The van der Waals surface area contributed by atoms with Gasteiger partial charge < -0.3 is 9.47 Å². The van der Waals surface area contributed by atoms with Crippen LogP contribution in [0.3, 0.4) is 0 Å². The van der Waals surface area contributed by atoms with Crippen LogP contribution in [0.15, 0.2) is 48.0 Å². The SMILES string of the molecule is O=S(=O)(Nc1ccc2c(c1)OCCO2)c1cncn1-c1ncc(CF)cc1Cl. The molecule has 1 aromatic carbocycles. The van der Waals surface area contributed by atoms with Gasteiger partial charge >= 0.3 is 0 Å². The summed E-state index contributed by atoms with van der Waals surface area (Å²) in [5, 5.41) is -0.0753. The van der Waals surface area contributed by atoms with E-state index in [1.807, 2.05) is 0 Å². The highest BCUT2D eigenvalue weighted by Crippen LogP contribution is 2.33. The van der Waals surface area contributed by atoms with Crippen LogP contribution in [-0.4, -0.2) is 36.2 Å². The lowest BCUT2D eigenvalue weighted by molar-refractivity contribution is 0.171. The van der Waals surface area contributed by atoms with E-state index in [2.05, 4.69) is 14.7 Å². The van der Waals surface area contributed by atoms with Gasteiger partial charge in [-0.25, -0.2) is 14.4 Å². The number of sulfonamides is 1. The van der Waals surface area contributed by atoms with Crippen molar-refractivity contribution in [2.24, 2.45) is 0 Å². The molecule has 11 heteroatoms. The van der Waals surface area contributed by atoms with Gasteiger partial charge in [-0.2, -0.15) is 8.42 Å². The summed E-state index contributed by atoms with van der Waals surface area (Å²) in [4.78, 5) is 7.94. The van der Waals surface area contributed by atoms with Gasteiger partial charge in [0.1, 0.15) is 26.2 Å². The molecule has 0 aliphatic carbocycles. The largest absolute Gasteiger partial charge is 0.486 e. The highest BCUT2D eigenvalue weighted by Gasteiger charge is 2.23. The lowest BCUT2D eigenvalue weighted by atomic mass is 10.3. The molecule has 0 saturated heterocycles.